The van der Waals surface area contributed by atoms with Crippen molar-refractivity contribution in [2.45, 2.75) is 19.3 Å². The van der Waals surface area contributed by atoms with Crippen molar-refractivity contribution in [3.05, 3.63) is 52.4 Å². The number of amides is 2. The third-order valence-corrected chi connectivity index (χ3v) is 3.65. The molecule has 2 amide bonds. The van der Waals surface area contributed by atoms with Crippen molar-refractivity contribution in [2.24, 2.45) is 0 Å². The minimum absolute atomic E-state index is 0.0991. The lowest BCUT2D eigenvalue weighted by molar-refractivity contribution is -0.119. The third kappa shape index (κ3) is 3.45. The van der Waals surface area contributed by atoms with E-state index in [-0.39, 0.29) is 17.2 Å². The van der Waals surface area contributed by atoms with Gasteiger partial charge in [0.25, 0.3) is 11.5 Å². The summed E-state index contributed by atoms with van der Waals surface area (Å²) in [7, 11) is 0. The van der Waals surface area contributed by atoms with Gasteiger partial charge in [-0.3, -0.25) is 14.4 Å². The summed E-state index contributed by atoms with van der Waals surface area (Å²) in [5.41, 5.74) is 1.08. The smallest absolute Gasteiger partial charge is 0.276 e. The van der Waals surface area contributed by atoms with E-state index in [4.69, 9.17) is 0 Å². The molecule has 0 bridgehead atoms. The van der Waals surface area contributed by atoms with Crippen LogP contribution in [-0.4, -0.2) is 28.6 Å². The summed E-state index contributed by atoms with van der Waals surface area (Å²) < 4.78 is 0. The molecule has 7 heteroatoms. The van der Waals surface area contributed by atoms with E-state index in [1.807, 2.05) is 6.07 Å². The summed E-state index contributed by atoms with van der Waals surface area (Å²) in [6, 6.07) is 9.72. The molecule has 0 atom stereocenters. The topological polar surface area (TPSA) is 95.2 Å². The van der Waals surface area contributed by atoms with Crippen molar-refractivity contribution < 1.29 is 9.59 Å². The van der Waals surface area contributed by atoms with Crippen LogP contribution in [0, 0.1) is 0 Å². The number of benzene rings is 1. The van der Waals surface area contributed by atoms with Gasteiger partial charge in [-0.2, -0.15) is 5.10 Å². The molecule has 0 unspecified atom stereocenters. The second-order valence-corrected chi connectivity index (χ2v) is 5.31. The van der Waals surface area contributed by atoms with Gasteiger partial charge in [0.15, 0.2) is 0 Å². The Hall–Kier alpha value is -2.96. The Kier molecular flexibility index (Phi) is 4.18. The summed E-state index contributed by atoms with van der Waals surface area (Å²) in [5.74, 6) is -0.328. The van der Waals surface area contributed by atoms with Crippen LogP contribution in [-0.2, 0) is 4.79 Å². The van der Waals surface area contributed by atoms with Gasteiger partial charge in [0.2, 0.25) is 5.91 Å². The maximum Gasteiger partial charge on any atom is 0.276 e. The van der Waals surface area contributed by atoms with E-state index in [1.165, 1.54) is 12.1 Å². The molecule has 2 heterocycles. The van der Waals surface area contributed by atoms with Crippen LogP contribution in [0.4, 0.5) is 11.4 Å². The Morgan fingerprint density at radius 3 is 2.78 bits per heavy atom. The maximum absolute atomic E-state index is 12.1. The lowest BCUT2D eigenvalue weighted by atomic mass is 10.1. The largest absolute Gasteiger partial charge is 0.321 e. The van der Waals surface area contributed by atoms with Crippen LogP contribution in [0.5, 0.6) is 0 Å². The van der Waals surface area contributed by atoms with E-state index in [2.05, 4.69) is 15.5 Å². The highest BCUT2D eigenvalue weighted by Gasteiger charge is 2.19. The Morgan fingerprint density at radius 1 is 1.17 bits per heavy atom. The summed E-state index contributed by atoms with van der Waals surface area (Å²) in [5, 5.41) is 8.61. The van der Waals surface area contributed by atoms with Gasteiger partial charge in [-0.15, -0.1) is 0 Å². The molecule has 23 heavy (non-hydrogen) atoms. The Balaban J connectivity index is 1.77. The first-order chi connectivity index (χ1) is 11.1. The molecule has 1 aromatic carbocycles. The van der Waals surface area contributed by atoms with Crippen molar-refractivity contribution in [1.82, 2.24) is 10.2 Å². The molecule has 7 nitrogen and oxygen atoms in total. The zero-order valence-electron chi connectivity index (χ0n) is 12.4. The molecule has 0 radical (unpaired) electrons. The zero-order valence-corrected chi connectivity index (χ0v) is 12.4. The molecular formula is C16H16N4O3. The first-order valence-corrected chi connectivity index (χ1v) is 7.41. The van der Waals surface area contributed by atoms with Gasteiger partial charge < -0.3 is 10.2 Å². The van der Waals surface area contributed by atoms with Crippen molar-refractivity contribution in [3.8, 4) is 0 Å². The molecule has 2 aromatic rings. The fourth-order valence-electron chi connectivity index (χ4n) is 2.50. The van der Waals surface area contributed by atoms with Crippen LogP contribution >= 0.6 is 0 Å². The standard InChI is InChI=1S/C16H16N4O3/c21-14-8-7-13(18-19-14)16(23)17-11-4-3-5-12(10-11)20-9-2-1-6-15(20)22/h3-5,7-8,10H,1-2,6,9H2,(H,17,23)(H,19,21). The highest BCUT2D eigenvalue weighted by Crippen LogP contribution is 2.24. The van der Waals surface area contributed by atoms with Gasteiger partial charge in [-0.05, 0) is 37.1 Å². The first-order valence-electron chi connectivity index (χ1n) is 7.41. The maximum atomic E-state index is 12.1. The molecule has 1 fully saturated rings. The number of carbonyl (C=O) groups excluding carboxylic acids is 2. The number of anilines is 2. The molecule has 0 aliphatic carbocycles. The fraction of sp³-hybridized carbons (Fsp3) is 0.250. The predicted molar refractivity (Wildman–Crippen MR) is 85.5 cm³/mol. The number of nitrogens with one attached hydrogen (secondary N) is 2. The van der Waals surface area contributed by atoms with E-state index in [0.29, 0.717) is 18.7 Å². The number of nitrogens with zero attached hydrogens (tertiary/aromatic N) is 2. The van der Waals surface area contributed by atoms with Crippen LogP contribution in [0.25, 0.3) is 0 Å². The number of rotatable bonds is 3. The number of aromatic amines is 1. The van der Waals surface area contributed by atoms with Gasteiger partial charge in [0, 0.05) is 30.4 Å². The van der Waals surface area contributed by atoms with Crippen molar-refractivity contribution in [2.75, 3.05) is 16.8 Å². The van der Waals surface area contributed by atoms with Crippen molar-refractivity contribution >= 4 is 23.2 Å². The quantitative estimate of drug-likeness (QED) is 0.898. The Bertz CT molecular complexity index is 779. The summed E-state index contributed by atoms with van der Waals surface area (Å²) in [4.78, 5) is 36.8. The molecular weight excluding hydrogens is 296 g/mol. The number of H-pyrrole nitrogens is 1. The molecule has 0 spiro atoms. The number of hydrogen-bond donors (Lipinski definition) is 2. The summed E-state index contributed by atoms with van der Waals surface area (Å²) >= 11 is 0. The van der Waals surface area contributed by atoms with Gasteiger partial charge in [-0.25, -0.2) is 5.10 Å². The number of carbonyl (C=O) groups is 2. The normalized spacial score (nSPS) is 14.6. The highest BCUT2D eigenvalue weighted by molar-refractivity contribution is 6.03. The van der Waals surface area contributed by atoms with E-state index in [9.17, 15) is 14.4 Å². The molecule has 1 saturated heterocycles. The van der Waals surface area contributed by atoms with Gasteiger partial charge >= 0.3 is 0 Å². The summed E-state index contributed by atoms with van der Waals surface area (Å²) in [6.45, 7) is 0.692. The molecule has 118 valence electrons. The SMILES string of the molecule is O=C(Nc1cccc(N2CCCCC2=O)c1)c1ccc(=O)[nH]n1. The summed E-state index contributed by atoms with van der Waals surface area (Å²) in [6.07, 6.45) is 2.45. The average Bonchev–Trinajstić information content (AvgIpc) is 2.56. The number of hydrogen-bond acceptors (Lipinski definition) is 4. The molecule has 3 rings (SSSR count). The van der Waals surface area contributed by atoms with Gasteiger partial charge in [0.05, 0.1) is 0 Å². The second kappa shape index (κ2) is 6.43. The van der Waals surface area contributed by atoms with Gasteiger partial charge in [-0.1, -0.05) is 6.07 Å². The Labute approximate surface area is 132 Å². The van der Waals surface area contributed by atoms with Crippen molar-refractivity contribution in [3.63, 3.8) is 0 Å². The van der Waals surface area contributed by atoms with Crippen molar-refractivity contribution in [1.29, 1.82) is 0 Å². The second-order valence-electron chi connectivity index (χ2n) is 5.31. The molecule has 1 aliphatic heterocycles. The average molecular weight is 312 g/mol. The third-order valence-electron chi connectivity index (χ3n) is 3.65. The highest BCUT2D eigenvalue weighted by atomic mass is 16.2. The number of piperidine rings is 1. The molecule has 1 aliphatic rings. The van der Waals surface area contributed by atoms with Gasteiger partial charge in [0.1, 0.15) is 5.69 Å². The van der Waals surface area contributed by atoms with E-state index >= 15 is 0 Å². The van der Waals surface area contributed by atoms with Crippen LogP contribution in [0.15, 0.2) is 41.2 Å². The van der Waals surface area contributed by atoms with Crippen LogP contribution in [0.2, 0.25) is 0 Å². The lowest BCUT2D eigenvalue weighted by Gasteiger charge is -2.27. The van der Waals surface area contributed by atoms with E-state index in [1.54, 1.807) is 23.1 Å². The zero-order chi connectivity index (χ0) is 16.2. The van der Waals surface area contributed by atoms with Crippen LogP contribution in [0.3, 0.4) is 0 Å². The first kappa shape index (κ1) is 15.0. The van der Waals surface area contributed by atoms with E-state index < -0.39 is 5.91 Å². The minimum atomic E-state index is -0.427. The Morgan fingerprint density at radius 2 is 2.04 bits per heavy atom. The fourth-order valence-corrected chi connectivity index (χ4v) is 2.50. The van der Waals surface area contributed by atoms with E-state index in [0.717, 1.165) is 18.5 Å². The molecule has 0 saturated carbocycles. The van der Waals surface area contributed by atoms with Crippen LogP contribution < -0.4 is 15.8 Å². The molecule has 1 aromatic heterocycles. The number of aromatic nitrogens is 2. The lowest BCUT2D eigenvalue weighted by Crippen LogP contribution is -2.35. The monoisotopic (exact) mass is 312 g/mol. The minimum Gasteiger partial charge on any atom is -0.321 e. The predicted octanol–water partition coefficient (Wildman–Crippen LogP) is 1.54. The molecule has 2 N–H and O–H groups in total. The van der Waals surface area contributed by atoms with Crippen LogP contribution in [0.1, 0.15) is 29.8 Å².